The maximum atomic E-state index is 12.2. The largest absolute Gasteiger partial charge is 0.494 e. The molecule has 1 aromatic carbocycles. The first-order valence-corrected chi connectivity index (χ1v) is 9.80. The molecule has 1 unspecified atom stereocenters. The molecule has 3 rings (SSSR count). The fourth-order valence-electron chi connectivity index (χ4n) is 3.34. The fourth-order valence-corrected chi connectivity index (χ4v) is 3.34. The lowest BCUT2D eigenvalue weighted by Gasteiger charge is -2.32. The van der Waals surface area contributed by atoms with Crippen LogP contribution in [0.4, 0.5) is 0 Å². The first kappa shape index (κ1) is 21.5. The molecule has 1 aromatic rings. The van der Waals surface area contributed by atoms with Crippen molar-refractivity contribution < 1.29 is 28.4 Å². The third kappa shape index (κ3) is 4.67. The van der Waals surface area contributed by atoms with Crippen LogP contribution in [0.3, 0.4) is 0 Å². The number of carbonyl (C=O) groups excluding carboxylic acids is 2. The summed E-state index contributed by atoms with van der Waals surface area (Å²) >= 11 is 0. The average Bonchev–Trinajstić information content (AvgIpc) is 3.20. The molecule has 9 heteroatoms. The Bertz CT molecular complexity index is 753. The number of hydrogen-bond acceptors (Lipinski definition) is 6. The van der Waals surface area contributed by atoms with Gasteiger partial charge in [-0.1, -0.05) is 6.07 Å². The number of ether oxygens (including phenoxy) is 2. The molecule has 2 fully saturated rings. The molecule has 0 saturated carbocycles. The van der Waals surface area contributed by atoms with Gasteiger partial charge in [0.2, 0.25) is 6.41 Å². The maximum Gasteiger partial charge on any atom is 0.494 e. The van der Waals surface area contributed by atoms with E-state index in [4.69, 9.17) is 18.8 Å². The minimum Gasteiger partial charge on any atom is -0.493 e. The molecule has 0 aromatic heterocycles. The van der Waals surface area contributed by atoms with Gasteiger partial charge in [0, 0.05) is 19.1 Å². The van der Waals surface area contributed by atoms with E-state index in [2.05, 4.69) is 5.32 Å². The number of nitrogens with zero attached hydrogens (tertiary/aromatic N) is 1. The van der Waals surface area contributed by atoms with Crippen LogP contribution in [-0.2, 0) is 18.9 Å². The van der Waals surface area contributed by atoms with Crippen LogP contribution in [0, 0.1) is 0 Å². The van der Waals surface area contributed by atoms with Crippen molar-refractivity contribution in [2.24, 2.45) is 0 Å². The van der Waals surface area contributed by atoms with Crippen molar-refractivity contribution in [2.75, 3.05) is 26.8 Å². The van der Waals surface area contributed by atoms with Gasteiger partial charge in [0.1, 0.15) is 0 Å². The monoisotopic (exact) mass is 404 g/mol. The van der Waals surface area contributed by atoms with Gasteiger partial charge in [0.15, 0.2) is 18.1 Å². The van der Waals surface area contributed by atoms with Crippen molar-refractivity contribution in [1.82, 2.24) is 10.2 Å². The van der Waals surface area contributed by atoms with E-state index in [1.165, 1.54) is 0 Å². The predicted molar refractivity (Wildman–Crippen MR) is 108 cm³/mol. The van der Waals surface area contributed by atoms with Crippen LogP contribution in [0.15, 0.2) is 18.2 Å². The zero-order valence-electron chi connectivity index (χ0n) is 17.7. The molecule has 2 aliphatic heterocycles. The van der Waals surface area contributed by atoms with Crippen molar-refractivity contribution in [1.29, 1.82) is 0 Å². The van der Waals surface area contributed by atoms with Gasteiger partial charge in [-0.05, 0) is 51.7 Å². The minimum atomic E-state index is -0.505. The Balaban J connectivity index is 1.60. The maximum absolute atomic E-state index is 12.2. The minimum absolute atomic E-state index is 0.0380. The van der Waals surface area contributed by atoms with Gasteiger partial charge in [-0.2, -0.15) is 0 Å². The Kier molecular flexibility index (Phi) is 6.09. The topological polar surface area (TPSA) is 86.3 Å². The zero-order chi connectivity index (χ0) is 21.2. The van der Waals surface area contributed by atoms with Crippen LogP contribution in [0.5, 0.6) is 11.5 Å². The Morgan fingerprint density at radius 2 is 1.97 bits per heavy atom. The number of amides is 2. The average molecular weight is 404 g/mol. The predicted octanol–water partition coefficient (Wildman–Crippen LogP) is 0.720. The number of carbonyl (C=O) groups is 2. The summed E-state index contributed by atoms with van der Waals surface area (Å²) < 4.78 is 23.2. The molecular weight excluding hydrogens is 375 g/mol. The summed E-state index contributed by atoms with van der Waals surface area (Å²) in [7, 11) is 1.04. The highest BCUT2D eigenvalue weighted by Crippen LogP contribution is 2.37. The van der Waals surface area contributed by atoms with E-state index in [0.717, 1.165) is 18.3 Å². The number of hydrogen-bond donors (Lipinski definition) is 1. The molecule has 158 valence electrons. The van der Waals surface area contributed by atoms with E-state index in [1.54, 1.807) is 24.1 Å². The van der Waals surface area contributed by atoms with Crippen LogP contribution in [0.1, 0.15) is 34.1 Å². The normalized spacial score (nSPS) is 22.4. The fraction of sp³-hybridized carbons (Fsp3) is 0.600. The second-order valence-electron chi connectivity index (χ2n) is 8.44. The number of nitrogens with one attached hydrogen (secondary N) is 1. The quantitative estimate of drug-likeness (QED) is 0.533. The summed E-state index contributed by atoms with van der Waals surface area (Å²) in [5.41, 5.74) is -0.0486. The second-order valence-corrected chi connectivity index (χ2v) is 8.44. The molecule has 2 saturated heterocycles. The second kappa shape index (κ2) is 8.24. The smallest absolute Gasteiger partial charge is 0.493 e. The van der Waals surface area contributed by atoms with Gasteiger partial charge >= 0.3 is 7.12 Å². The summed E-state index contributed by atoms with van der Waals surface area (Å²) in [4.78, 5) is 24.6. The summed E-state index contributed by atoms with van der Waals surface area (Å²) in [5.74, 6) is 0.724. The molecule has 2 aliphatic rings. The van der Waals surface area contributed by atoms with Crippen LogP contribution in [-0.4, -0.2) is 68.4 Å². The van der Waals surface area contributed by atoms with Gasteiger partial charge < -0.3 is 29.0 Å². The Morgan fingerprint density at radius 1 is 1.28 bits per heavy atom. The van der Waals surface area contributed by atoms with Crippen LogP contribution in [0.2, 0.25) is 0 Å². The lowest BCUT2D eigenvalue weighted by Crippen LogP contribution is -2.41. The Labute approximate surface area is 172 Å². The van der Waals surface area contributed by atoms with Crippen LogP contribution < -0.4 is 20.3 Å². The van der Waals surface area contributed by atoms with Crippen molar-refractivity contribution in [2.45, 2.75) is 51.4 Å². The highest BCUT2D eigenvalue weighted by molar-refractivity contribution is 6.62. The van der Waals surface area contributed by atoms with E-state index < -0.39 is 18.3 Å². The highest BCUT2D eigenvalue weighted by Gasteiger charge is 2.51. The zero-order valence-corrected chi connectivity index (χ0v) is 17.7. The van der Waals surface area contributed by atoms with Gasteiger partial charge in [0.05, 0.1) is 18.3 Å². The van der Waals surface area contributed by atoms with E-state index in [0.29, 0.717) is 24.6 Å². The van der Waals surface area contributed by atoms with Crippen molar-refractivity contribution in [3.05, 3.63) is 18.2 Å². The molecule has 2 heterocycles. The van der Waals surface area contributed by atoms with Gasteiger partial charge in [-0.25, -0.2) is 0 Å². The standard InChI is InChI=1S/C20H29BN2O6/c1-19(2)20(3,4)29-21(28-19)14-6-7-16(17(10-14)26-5)27-12-18(25)22-15-8-9-23(11-15)13-24/h6-7,10,13,15H,8-9,11-12H2,1-5H3,(H,22,25). The van der Waals surface area contributed by atoms with Crippen molar-refractivity contribution in [3.8, 4) is 11.5 Å². The van der Waals surface area contributed by atoms with Crippen molar-refractivity contribution >= 4 is 24.9 Å². The SMILES string of the molecule is COc1cc(B2OC(C)(C)C(C)(C)O2)ccc1OCC(=O)NC1CCN(C=O)C1. The molecule has 1 atom stereocenters. The molecule has 0 spiro atoms. The third-order valence-corrected chi connectivity index (χ3v) is 5.81. The Hall–Kier alpha value is -2.26. The lowest BCUT2D eigenvalue weighted by molar-refractivity contribution is -0.124. The number of likely N-dealkylation sites (tertiary alicyclic amines) is 1. The first-order valence-electron chi connectivity index (χ1n) is 9.80. The van der Waals surface area contributed by atoms with E-state index in [9.17, 15) is 9.59 Å². The highest BCUT2D eigenvalue weighted by atomic mass is 16.7. The molecule has 0 radical (unpaired) electrons. The van der Waals surface area contributed by atoms with Gasteiger partial charge in [-0.3, -0.25) is 9.59 Å². The van der Waals surface area contributed by atoms with E-state index >= 15 is 0 Å². The van der Waals surface area contributed by atoms with E-state index in [1.807, 2.05) is 33.8 Å². The van der Waals surface area contributed by atoms with Crippen LogP contribution >= 0.6 is 0 Å². The van der Waals surface area contributed by atoms with Gasteiger partial charge in [-0.15, -0.1) is 0 Å². The molecule has 2 amide bonds. The van der Waals surface area contributed by atoms with E-state index in [-0.39, 0.29) is 18.6 Å². The third-order valence-electron chi connectivity index (χ3n) is 5.81. The lowest BCUT2D eigenvalue weighted by atomic mass is 9.79. The number of rotatable bonds is 7. The number of methoxy groups -OCH3 is 1. The molecule has 29 heavy (non-hydrogen) atoms. The van der Waals surface area contributed by atoms with Crippen molar-refractivity contribution in [3.63, 3.8) is 0 Å². The van der Waals surface area contributed by atoms with Crippen LogP contribution in [0.25, 0.3) is 0 Å². The summed E-state index contributed by atoms with van der Waals surface area (Å²) in [6.07, 6.45) is 1.55. The molecule has 1 N–H and O–H groups in total. The summed E-state index contributed by atoms with van der Waals surface area (Å²) in [5, 5.41) is 2.88. The summed E-state index contributed by atoms with van der Waals surface area (Å²) in [6, 6.07) is 5.35. The Morgan fingerprint density at radius 3 is 2.55 bits per heavy atom. The first-order chi connectivity index (χ1) is 13.6. The van der Waals surface area contributed by atoms with Gasteiger partial charge in [0.25, 0.3) is 5.91 Å². The summed E-state index contributed by atoms with van der Waals surface area (Å²) in [6.45, 7) is 9.05. The molecule has 8 nitrogen and oxygen atoms in total. The number of benzene rings is 1. The molecule has 0 bridgehead atoms. The molecular formula is C20H29BN2O6. The molecule has 0 aliphatic carbocycles.